The molecule has 0 aliphatic carbocycles. The SMILES string of the molecule is CC1CC(C)(C)N(C(C)C)c2ccc(/C=C3/SC(=O)NC3=O)cc21. The maximum atomic E-state index is 11.7. The van der Waals surface area contributed by atoms with E-state index in [4.69, 9.17) is 0 Å². The maximum absolute atomic E-state index is 11.7. The molecule has 128 valence electrons. The molecule has 4 nitrogen and oxygen atoms in total. The number of hydrogen-bond donors (Lipinski definition) is 1. The number of nitrogens with one attached hydrogen (secondary N) is 1. The Morgan fingerprint density at radius 3 is 2.62 bits per heavy atom. The smallest absolute Gasteiger partial charge is 0.290 e. The second-order valence-electron chi connectivity index (χ2n) is 7.55. The van der Waals surface area contributed by atoms with Gasteiger partial charge in [0.15, 0.2) is 0 Å². The molecule has 1 N–H and O–H groups in total. The standard InChI is InChI=1S/C19H24N2O2S/c1-11(2)21-15-7-6-13(9-16-17(22)20-18(23)24-16)8-14(15)12(3)10-19(21,4)5/h6-9,11-12H,10H2,1-5H3,(H,20,22,23)/b16-9+. The minimum absolute atomic E-state index is 0.119. The Morgan fingerprint density at radius 2 is 2.04 bits per heavy atom. The highest BCUT2D eigenvalue weighted by atomic mass is 32.2. The van der Waals surface area contributed by atoms with Crippen LogP contribution in [0.1, 0.15) is 58.1 Å². The lowest BCUT2D eigenvalue weighted by Crippen LogP contribution is -2.51. The number of rotatable bonds is 2. The van der Waals surface area contributed by atoms with Crippen molar-refractivity contribution in [3.8, 4) is 0 Å². The number of fused-ring (bicyclic) bond motifs is 1. The summed E-state index contributed by atoms with van der Waals surface area (Å²) >= 11 is 0.963. The first-order valence-electron chi connectivity index (χ1n) is 8.37. The van der Waals surface area contributed by atoms with Gasteiger partial charge in [-0.2, -0.15) is 0 Å². The van der Waals surface area contributed by atoms with Crippen LogP contribution in [0.2, 0.25) is 0 Å². The summed E-state index contributed by atoms with van der Waals surface area (Å²) in [6, 6.07) is 6.77. The third-order valence-corrected chi connectivity index (χ3v) is 5.57. The van der Waals surface area contributed by atoms with Gasteiger partial charge in [-0.15, -0.1) is 0 Å². The van der Waals surface area contributed by atoms with E-state index in [-0.39, 0.29) is 16.7 Å². The minimum atomic E-state index is -0.305. The lowest BCUT2D eigenvalue weighted by atomic mass is 9.79. The Morgan fingerprint density at radius 1 is 1.33 bits per heavy atom. The Hall–Kier alpha value is -1.75. The van der Waals surface area contributed by atoms with Gasteiger partial charge in [-0.1, -0.05) is 13.0 Å². The van der Waals surface area contributed by atoms with Crippen molar-refractivity contribution in [3.63, 3.8) is 0 Å². The molecule has 1 unspecified atom stereocenters. The molecular formula is C19H24N2O2S. The van der Waals surface area contributed by atoms with Gasteiger partial charge in [0.05, 0.1) is 4.91 Å². The number of carbonyl (C=O) groups excluding carboxylic acids is 2. The molecule has 0 spiro atoms. The molecule has 1 fully saturated rings. The number of amides is 2. The fourth-order valence-electron chi connectivity index (χ4n) is 4.11. The van der Waals surface area contributed by atoms with Crippen LogP contribution >= 0.6 is 11.8 Å². The van der Waals surface area contributed by atoms with E-state index in [0.29, 0.717) is 16.9 Å². The van der Waals surface area contributed by atoms with E-state index in [1.807, 2.05) is 6.07 Å². The van der Waals surface area contributed by atoms with Crippen LogP contribution in [0, 0.1) is 0 Å². The Labute approximate surface area is 147 Å². The molecule has 1 atom stereocenters. The largest absolute Gasteiger partial charge is 0.364 e. The third-order valence-electron chi connectivity index (χ3n) is 4.76. The summed E-state index contributed by atoms with van der Waals surface area (Å²) in [7, 11) is 0. The molecule has 0 aromatic heterocycles. The molecule has 2 aliphatic heterocycles. The van der Waals surface area contributed by atoms with Gasteiger partial charge in [-0.3, -0.25) is 14.9 Å². The molecule has 5 heteroatoms. The van der Waals surface area contributed by atoms with E-state index >= 15 is 0 Å². The number of benzene rings is 1. The van der Waals surface area contributed by atoms with Gasteiger partial charge in [0, 0.05) is 17.3 Å². The first-order valence-corrected chi connectivity index (χ1v) is 9.19. The molecule has 0 radical (unpaired) electrons. The van der Waals surface area contributed by atoms with Crippen LogP contribution in [0.25, 0.3) is 6.08 Å². The van der Waals surface area contributed by atoms with E-state index < -0.39 is 0 Å². The zero-order valence-electron chi connectivity index (χ0n) is 14.8. The van der Waals surface area contributed by atoms with Crippen molar-refractivity contribution in [2.24, 2.45) is 0 Å². The molecule has 2 heterocycles. The Kier molecular flexibility index (Phi) is 4.24. The topological polar surface area (TPSA) is 49.4 Å². The number of anilines is 1. The zero-order chi connectivity index (χ0) is 17.6. The zero-order valence-corrected chi connectivity index (χ0v) is 15.7. The van der Waals surface area contributed by atoms with Gasteiger partial charge in [0.1, 0.15) is 0 Å². The van der Waals surface area contributed by atoms with Crippen molar-refractivity contribution in [2.45, 2.75) is 58.5 Å². The lowest BCUT2D eigenvalue weighted by Gasteiger charge is -2.50. The highest BCUT2D eigenvalue weighted by Crippen LogP contribution is 2.45. The highest BCUT2D eigenvalue weighted by molar-refractivity contribution is 8.18. The van der Waals surface area contributed by atoms with Gasteiger partial charge < -0.3 is 4.90 Å². The van der Waals surface area contributed by atoms with E-state index in [9.17, 15) is 9.59 Å². The van der Waals surface area contributed by atoms with Crippen molar-refractivity contribution >= 4 is 34.7 Å². The number of thioether (sulfide) groups is 1. The fourth-order valence-corrected chi connectivity index (χ4v) is 4.79. The Balaban J connectivity index is 2.02. The Bertz CT molecular complexity index is 737. The summed E-state index contributed by atoms with van der Waals surface area (Å²) in [5, 5.41) is 2.00. The van der Waals surface area contributed by atoms with E-state index in [1.165, 1.54) is 11.3 Å². The average Bonchev–Trinajstić information content (AvgIpc) is 2.76. The van der Waals surface area contributed by atoms with Gasteiger partial charge in [-0.05, 0) is 81.1 Å². The molecule has 24 heavy (non-hydrogen) atoms. The first kappa shape index (κ1) is 17.1. The number of nitrogens with zero attached hydrogens (tertiary/aromatic N) is 1. The average molecular weight is 344 g/mol. The molecular weight excluding hydrogens is 320 g/mol. The molecule has 2 aliphatic rings. The molecule has 1 aromatic carbocycles. The lowest BCUT2D eigenvalue weighted by molar-refractivity contribution is -0.115. The first-order chi connectivity index (χ1) is 11.2. The van der Waals surface area contributed by atoms with Crippen LogP contribution in [0.4, 0.5) is 10.5 Å². The maximum Gasteiger partial charge on any atom is 0.290 e. The van der Waals surface area contributed by atoms with Gasteiger partial charge >= 0.3 is 0 Å². The van der Waals surface area contributed by atoms with E-state index in [1.54, 1.807) is 6.08 Å². The quantitative estimate of drug-likeness (QED) is 0.802. The highest BCUT2D eigenvalue weighted by Gasteiger charge is 2.37. The van der Waals surface area contributed by atoms with Gasteiger partial charge in [-0.25, -0.2) is 0 Å². The summed E-state index contributed by atoms with van der Waals surface area (Å²) < 4.78 is 0. The van der Waals surface area contributed by atoms with Crippen molar-refractivity contribution in [1.82, 2.24) is 5.32 Å². The van der Waals surface area contributed by atoms with Crippen LogP contribution in [-0.2, 0) is 4.79 Å². The molecule has 1 aromatic rings. The van der Waals surface area contributed by atoms with Crippen molar-refractivity contribution in [1.29, 1.82) is 0 Å². The van der Waals surface area contributed by atoms with Crippen LogP contribution in [0.15, 0.2) is 23.1 Å². The second kappa shape index (κ2) is 5.96. The van der Waals surface area contributed by atoms with Crippen LogP contribution < -0.4 is 10.2 Å². The monoisotopic (exact) mass is 344 g/mol. The summed E-state index contributed by atoms with van der Waals surface area (Å²) in [6.07, 6.45) is 2.89. The number of hydrogen-bond acceptors (Lipinski definition) is 4. The normalized spacial score (nSPS) is 24.5. The van der Waals surface area contributed by atoms with Crippen molar-refractivity contribution < 1.29 is 9.59 Å². The van der Waals surface area contributed by atoms with Gasteiger partial charge in [0.25, 0.3) is 11.1 Å². The predicted molar refractivity (Wildman–Crippen MR) is 100 cm³/mol. The van der Waals surface area contributed by atoms with Crippen molar-refractivity contribution in [2.75, 3.05) is 4.90 Å². The number of carbonyl (C=O) groups is 2. The van der Waals surface area contributed by atoms with E-state index in [0.717, 1.165) is 23.7 Å². The van der Waals surface area contributed by atoms with Gasteiger partial charge in [0.2, 0.25) is 0 Å². The van der Waals surface area contributed by atoms with Crippen LogP contribution in [0.3, 0.4) is 0 Å². The van der Waals surface area contributed by atoms with Crippen LogP contribution in [0.5, 0.6) is 0 Å². The molecule has 0 bridgehead atoms. The van der Waals surface area contributed by atoms with E-state index in [2.05, 4.69) is 57.0 Å². The summed E-state index contributed by atoms with van der Waals surface area (Å²) in [6.45, 7) is 11.3. The summed E-state index contributed by atoms with van der Waals surface area (Å²) in [4.78, 5) is 26.0. The van der Waals surface area contributed by atoms with Crippen molar-refractivity contribution in [3.05, 3.63) is 34.2 Å². The number of imide groups is 1. The molecule has 3 rings (SSSR count). The molecule has 1 saturated heterocycles. The third kappa shape index (κ3) is 2.97. The second-order valence-corrected chi connectivity index (χ2v) is 8.57. The molecule has 0 saturated carbocycles. The summed E-state index contributed by atoms with van der Waals surface area (Å²) in [5.41, 5.74) is 3.67. The van der Waals surface area contributed by atoms with Crippen LogP contribution in [-0.4, -0.2) is 22.7 Å². The minimum Gasteiger partial charge on any atom is -0.364 e. The molecule has 2 amide bonds. The fraction of sp³-hybridized carbons (Fsp3) is 0.474. The summed E-state index contributed by atoms with van der Waals surface area (Å²) in [5.74, 6) is 0.149. The predicted octanol–water partition coefficient (Wildman–Crippen LogP) is 4.51.